The number of benzene rings is 3. The van der Waals surface area contributed by atoms with Crippen LogP contribution in [-0.2, 0) is 6.61 Å². The van der Waals surface area contributed by atoms with Crippen molar-refractivity contribution in [1.29, 1.82) is 0 Å². The molecule has 3 aromatic carbocycles. The lowest BCUT2D eigenvalue weighted by molar-refractivity contribution is 0.102. The lowest BCUT2D eigenvalue weighted by atomic mass is 10.1. The summed E-state index contributed by atoms with van der Waals surface area (Å²) in [5.74, 6) is 0.763. The monoisotopic (exact) mass is 459 g/mol. The first-order valence-corrected chi connectivity index (χ1v) is 9.94. The van der Waals surface area contributed by atoms with Crippen molar-refractivity contribution < 1.29 is 14.3 Å². The Labute approximate surface area is 177 Å². The Bertz CT molecular complexity index is 963. The lowest BCUT2D eigenvalue weighted by Gasteiger charge is -2.16. The Morgan fingerprint density at radius 3 is 2.46 bits per heavy atom. The third kappa shape index (κ3) is 5.06. The highest BCUT2D eigenvalue weighted by atomic mass is 79.9. The smallest absolute Gasteiger partial charge is 0.255 e. The van der Waals surface area contributed by atoms with E-state index in [9.17, 15) is 4.79 Å². The minimum Gasteiger partial charge on any atom is -0.489 e. The molecule has 3 rings (SSSR count). The summed E-state index contributed by atoms with van der Waals surface area (Å²) in [6.07, 6.45) is 0. The maximum Gasteiger partial charge on any atom is 0.255 e. The minimum atomic E-state index is -0.290. The van der Waals surface area contributed by atoms with Crippen molar-refractivity contribution in [2.45, 2.75) is 13.5 Å². The number of amides is 1. The van der Waals surface area contributed by atoms with Crippen molar-refractivity contribution in [2.24, 2.45) is 0 Å². The normalized spacial score (nSPS) is 10.4. The van der Waals surface area contributed by atoms with Crippen LogP contribution in [0.15, 0.2) is 71.2 Å². The van der Waals surface area contributed by atoms with Gasteiger partial charge in [0.1, 0.15) is 6.61 Å². The molecule has 0 aliphatic rings. The topological polar surface area (TPSA) is 47.6 Å². The minimum absolute atomic E-state index is 0.290. The number of hydrogen-bond acceptors (Lipinski definition) is 3. The van der Waals surface area contributed by atoms with E-state index in [0.717, 1.165) is 5.56 Å². The van der Waals surface area contributed by atoms with E-state index in [0.29, 0.717) is 45.5 Å². The van der Waals surface area contributed by atoms with E-state index in [1.165, 1.54) is 0 Å². The number of nitrogens with one attached hydrogen (secondary N) is 1. The molecular weight excluding hydrogens is 442 g/mol. The first-order valence-electron chi connectivity index (χ1n) is 8.77. The highest BCUT2D eigenvalue weighted by molar-refractivity contribution is 9.10. The van der Waals surface area contributed by atoms with Gasteiger partial charge in [-0.1, -0.05) is 54.1 Å². The summed E-state index contributed by atoms with van der Waals surface area (Å²) in [7, 11) is 0. The van der Waals surface area contributed by atoms with Gasteiger partial charge in [0.25, 0.3) is 5.91 Å². The van der Waals surface area contributed by atoms with Crippen molar-refractivity contribution in [1.82, 2.24) is 0 Å². The molecule has 0 atom stereocenters. The van der Waals surface area contributed by atoms with E-state index in [2.05, 4.69) is 21.2 Å². The molecule has 0 unspecified atom stereocenters. The predicted molar refractivity (Wildman–Crippen MR) is 115 cm³/mol. The van der Waals surface area contributed by atoms with Gasteiger partial charge in [0.05, 0.1) is 21.8 Å². The maximum atomic E-state index is 12.7. The average Bonchev–Trinajstić information content (AvgIpc) is 2.70. The second kappa shape index (κ2) is 9.62. The van der Waals surface area contributed by atoms with Gasteiger partial charge in [-0.15, -0.1) is 0 Å². The van der Waals surface area contributed by atoms with E-state index < -0.39 is 0 Å². The third-order valence-electron chi connectivity index (χ3n) is 3.92. The van der Waals surface area contributed by atoms with Gasteiger partial charge < -0.3 is 14.8 Å². The van der Waals surface area contributed by atoms with Crippen LogP contribution in [-0.4, -0.2) is 12.5 Å². The Balaban J connectivity index is 1.86. The Kier molecular flexibility index (Phi) is 6.95. The molecule has 0 saturated carbocycles. The summed E-state index contributed by atoms with van der Waals surface area (Å²) >= 11 is 9.62. The van der Waals surface area contributed by atoms with Crippen molar-refractivity contribution in [3.8, 4) is 11.5 Å². The second-order valence-corrected chi connectivity index (χ2v) is 7.19. The molecule has 0 spiro atoms. The van der Waals surface area contributed by atoms with E-state index >= 15 is 0 Å². The first kappa shape index (κ1) is 20.2. The number of para-hydroxylation sites is 1. The standard InChI is InChI=1S/C22H19BrClNO3/c1-2-27-21-17(23)12-16(22(26)25-19-11-7-6-10-18(19)24)13-20(21)28-14-15-8-4-3-5-9-15/h3-13H,2,14H2,1H3,(H,25,26). The average molecular weight is 461 g/mol. The van der Waals surface area contributed by atoms with E-state index in [-0.39, 0.29) is 5.91 Å². The molecule has 0 bridgehead atoms. The summed E-state index contributed by atoms with van der Waals surface area (Å²) in [4.78, 5) is 12.7. The highest BCUT2D eigenvalue weighted by Gasteiger charge is 2.17. The molecule has 0 fully saturated rings. The van der Waals surface area contributed by atoms with Gasteiger partial charge in [-0.05, 0) is 52.7 Å². The van der Waals surface area contributed by atoms with Crippen LogP contribution >= 0.6 is 27.5 Å². The molecule has 28 heavy (non-hydrogen) atoms. The van der Waals surface area contributed by atoms with Crippen LogP contribution in [0, 0.1) is 0 Å². The summed E-state index contributed by atoms with van der Waals surface area (Å²) in [6.45, 7) is 2.74. The zero-order valence-corrected chi connectivity index (χ0v) is 17.6. The molecule has 0 aliphatic carbocycles. The van der Waals surface area contributed by atoms with Gasteiger partial charge in [-0.25, -0.2) is 0 Å². The molecular formula is C22H19BrClNO3. The molecule has 1 N–H and O–H groups in total. The third-order valence-corrected chi connectivity index (χ3v) is 4.84. The molecule has 6 heteroatoms. The SMILES string of the molecule is CCOc1c(Br)cc(C(=O)Nc2ccccc2Cl)cc1OCc1ccccc1. The van der Waals surface area contributed by atoms with Gasteiger partial charge in [0.15, 0.2) is 11.5 Å². The van der Waals surface area contributed by atoms with E-state index in [1.54, 1.807) is 30.3 Å². The summed E-state index contributed by atoms with van der Waals surface area (Å²) in [5, 5.41) is 3.29. The van der Waals surface area contributed by atoms with Crippen molar-refractivity contribution in [2.75, 3.05) is 11.9 Å². The van der Waals surface area contributed by atoms with Crippen molar-refractivity contribution in [3.05, 3.63) is 87.4 Å². The molecule has 0 aliphatic heterocycles. The maximum absolute atomic E-state index is 12.7. The van der Waals surface area contributed by atoms with Crippen molar-refractivity contribution >= 4 is 39.1 Å². The predicted octanol–water partition coefficient (Wildman–Crippen LogP) is 6.33. The molecule has 3 aromatic rings. The van der Waals surface area contributed by atoms with Gasteiger partial charge in [-0.3, -0.25) is 4.79 Å². The number of hydrogen-bond donors (Lipinski definition) is 1. The van der Waals surface area contributed by atoms with Crippen LogP contribution in [0.5, 0.6) is 11.5 Å². The fourth-order valence-electron chi connectivity index (χ4n) is 2.58. The van der Waals surface area contributed by atoms with Gasteiger partial charge in [0.2, 0.25) is 0 Å². The zero-order valence-electron chi connectivity index (χ0n) is 15.2. The Morgan fingerprint density at radius 2 is 1.75 bits per heavy atom. The molecule has 0 radical (unpaired) electrons. The number of ether oxygens (including phenoxy) is 2. The van der Waals surface area contributed by atoms with Crippen LogP contribution < -0.4 is 14.8 Å². The molecule has 1 amide bonds. The van der Waals surface area contributed by atoms with E-state index in [4.69, 9.17) is 21.1 Å². The summed E-state index contributed by atoms with van der Waals surface area (Å²) < 4.78 is 12.3. The molecule has 4 nitrogen and oxygen atoms in total. The van der Waals surface area contributed by atoms with Gasteiger partial charge >= 0.3 is 0 Å². The number of halogens is 2. The number of rotatable bonds is 7. The van der Waals surface area contributed by atoms with Gasteiger partial charge in [-0.2, -0.15) is 0 Å². The molecule has 0 aromatic heterocycles. The van der Waals surface area contributed by atoms with Crippen LogP contribution in [0.1, 0.15) is 22.8 Å². The number of carbonyl (C=O) groups is 1. The summed E-state index contributed by atoms with van der Waals surface area (Å²) in [5.41, 5.74) is 2.00. The fraction of sp³-hybridized carbons (Fsp3) is 0.136. The quantitative estimate of drug-likeness (QED) is 0.448. The number of carbonyl (C=O) groups excluding carboxylic acids is 1. The Morgan fingerprint density at radius 1 is 1.04 bits per heavy atom. The Hall–Kier alpha value is -2.50. The zero-order chi connectivity index (χ0) is 19.9. The van der Waals surface area contributed by atoms with Crippen molar-refractivity contribution in [3.63, 3.8) is 0 Å². The molecule has 0 heterocycles. The molecule has 144 valence electrons. The van der Waals surface area contributed by atoms with Crippen LogP contribution in [0.2, 0.25) is 5.02 Å². The first-order chi connectivity index (χ1) is 13.6. The molecule has 0 saturated heterocycles. The lowest BCUT2D eigenvalue weighted by Crippen LogP contribution is -2.13. The van der Waals surface area contributed by atoms with Crippen LogP contribution in [0.25, 0.3) is 0 Å². The summed E-state index contributed by atoms with van der Waals surface area (Å²) in [6, 6.07) is 20.3. The second-order valence-electron chi connectivity index (χ2n) is 5.93. The van der Waals surface area contributed by atoms with Gasteiger partial charge in [0, 0.05) is 5.56 Å². The van der Waals surface area contributed by atoms with E-state index in [1.807, 2.05) is 43.3 Å². The fourth-order valence-corrected chi connectivity index (χ4v) is 3.32. The van der Waals surface area contributed by atoms with Crippen LogP contribution in [0.4, 0.5) is 5.69 Å². The van der Waals surface area contributed by atoms with Crippen LogP contribution in [0.3, 0.4) is 0 Å². The largest absolute Gasteiger partial charge is 0.489 e. The highest BCUT2D eigenvalue weighted by Crippen LogP contribution is 2.37. The number of anilines is 1.